The van der Waals surface area contributed by atoms with E-state index >= 15 is 0 Å². The second kappa shape index (κ2) is 6.01. The van der Waals surface area contributed by atoms with Gasteiger partial charge in [0, 0.05) is 11.4 Å². The van der Waals surface area contributed by atoms with Crippen LogP contribution in [0.1, 0.15) is 16.7 Å². The lowest BCUT2D eigenvalue weighted by molar-refractivity contribution is 0.628. The van der Waals surface area contributed by atoms with Crippen LogP contribution < -0.4 is 10.6 Å². The molecule has 2 aromatic rings. The Hall–Kier alpha value is -1.94. The molecule has 0 heterocycles. The monoisotopic (exact) mass is 288 g/mol. The first-order chi connectivity index (χ1) is 9.45. The SMILES string of the molecule is Cc1ccc(NC(=S)Nc2cc(F)ccc2C)cc1C. The summed E-state index contributed by atoms with van der Waals surface area (Å²) in [7, 11) is 0. The van der Waals surface area contributed by atoms with E-state index in [9.17, 15) is 4.39 Å². The average Bonchev–Trinajstić information content (AvgIpc) is 2.38. The largest absolute Gasteiger partial charge is 0.332 e. The zero-order chi connectivity index (χ0) is 14.7. The summed E-state index contributed by atoms with van der Waals surface area (Å²) in [5.74, 6) is -0.285. The van der Waals surface area contributed by atoms with Crippen LogP contribution in [0, 0.1) is 26.6 Å². The van der Waals surface area contributed by atoms with Gasteiger partial charge < -0.3 is 10.6 Å². The average molecular weight is 288 g/mol. The summed E-state index contributed by atoms with van der Waals surface area (Å²) in [6, 6.07) is 10.6. The topological polar surface area (TPSA) is 24.1 Å². The van der Waals surface area contributed by atoms with Gasteiger partial charge in [-0.3, -0.25) is 0 Å². The maximum Gasteiger partial charge on any atom is 0.175 e. The predicted molar refractivity (Wildman–Crippen MR) is 86.9 cm³/mol. The number of thiocarbonyl (C=S) groups is 1. The lowest BCUT2D eigenvalue weighted by Gasteiger charge is -2.13. The highest BCUT2D eigenvalue weighted by Gasteiger charge is 2.04. The van der Waals surface area contributed by atoms with E-state index < -0.39 is 0 Å². The van der Waals surface area contributed by atoms with E-state index in [2.05, 4.69) is 17.6 Å². The molecule has 0 aliphatic rings. The molecule has 0 unspecified atom stereocenters. The molecule has 2 nitrogen and oxygen atoms in total. The summed E-state index contributed by atoms with van der Waals surface area (Å²) < 4.78 is 13.2. The van der Waals surface area contributed by atoms with Crippen molar-refractivity contribution in [2.75, 3.05) is 10.6 Å². The standard InChI is InChI=1S/C16H17FN2S/c1-10-5-7-14(8-12(10)3)18-16(20)19-15-9-13(17)6-4-11(15)2/h4-9H,1-3H3,(H2,18,19,20). The molecule has 104 valence electrons. The number of aryl methyl sites for hydroxylation is 3. The van der Waals surface area contributed by atoms with Gasteiger partial charge in [0.05, 0.1) is 0 Å². The first kappa shape index (κ1) is 14.5. The molecule has 2 rings (SSSR count). The van der Waals surface area contributed by atoms with E-state index in [0.29, 0.717) is 10.8 Å². The highest BCUT2D eigenvalue weighted by atomic mass is 32.1. The summed E-state index contributed by atoms with van der Waals surface area (Å²) in [5.41, 5.74) is 4.96. The van der Waals surface area contributed by atoms with Crippen LogP contribution in [0.5, 0.6) is 0 Å². The molecule has 0 amide bonds. The van der Waals surface area contributed by atoms with Gasteiger partial charge in [0.15, 0.2) is 5.11 Å². The second-order valence-corrected chi connectivity index (χ2v) is 5.25. The van der Waals surface area contributed by atoms with Gasteiger partial charge in [-0.15, -0.1) is 0 Å². The van der Waals surface area contributed by atoms with E-state index in [1.54, 1.807) is 6.07 Å². The molecule has 0 saturated carbocycles. The second-order valence-electron chi connectivity index (χ2n) is 4.84. The third kappa shape index (κ3) is 3.54. The maximum absolute atomic E-state index is 13.2. The van der Waals surface area contributed by atoms with Crippen molar-refractivity contribution in [1.82, 2.24) is 0 Å². The first-order valence-corrected chi connectivity index (χ1v) is 6.78. The van der Waals surface area contributed by atoms with Gasteiger partial charge in [0.25, 0.3) is 0 Å². The fraction of sp³-hybridized carbons (Fsp3) is 0.188. The predicted octanol–water partition coefficient (Wildman–Crippen LogP) is 4.56. The number of nitrogens with one attached hydrogen (secondary N) is 2. The fourth-order valence-electron chi connectivity index (χ4n) is 1.83. The molecular weight excluding hydrogens is 271 g/mol. The van der Waals surface area contributed by atoms with Crippen LogP contribution in [0.25, 0.3) is 0 Å². The zero-order valence-electron chi connectivity index (χ0n) is 11.8. The minimum atomic E-state index is -0.285. The van der Waals surface area contributed by atoms with Crippen LogP contribution in [0.4, 0.5) is 15.8 Å². The van der Waals surface area contributed by atoms with E-state index in [1.165, 1.54) is 23.3 Å². The van der Waals surface area contributed by atoms with Crippen molar-refractivity contribution < 1.29 is 4.39 Å². The van der Waals surface area contributed by atoms with Gasteiger partial charge >= 0.3 is 0 Å². The van der Waals surface area contributed by atoms with Gasteiger partial charge in [-0.2, -0.15) is 0 Å². The first-order valence-electron chi connectivity index (χ1n) is 6.37. The van der Waals surface area contributed by atoms with Gasteiger partial charge in [-0.25, -0.2) is 4.39 Å². The highest BCUT2D eigenvalue weighted by Crippen LogP contribution is 2.18. The summed E-state index contributed by atoms with van der Waals surface area (Å²) >= 11 is 5.25. The number of hydrogen-bond acceptors (Lipinski definition) is 1. The van der Waals surface area contributed by atoms with Crippen LogP contribution in [0.15, 0.2) is 36.4 Å². The molecule has 4 heteroatoms. The van der Waals surface area contributed by atoms with Crippen molar-refractivity contribution in [2.45, 2.75) is 20.8 Å². The van der Waals surface area contributed by atoms with Crippen molar-refractivity contribution in [2.24, 2.45) is 0 Å². The molecule has 2 N–H and O–H groups in total. The maximum atomic E-state index is 13.2. The smallest absolute Gasteiger partial charge is 0.175 e. The summed E-state index contributed by atoms with van der Waals surface area (Å²) in [4.78, 5) is 0. The van der Waals surface area contributed by atoms with E-state index in [0.717, 1.165) is 11.3 Å². The Bertz CT molecular complexity index is 653. The molecule has 0 saturated heterocycles. The third-order valence-electron chi connectivity index (χ3n) is 3.21. The molecule has 20 heavy (non-hydrogen) atoms. The summed E-state index contributed by atoms with van der Waals surface area (Å²) in [6.45, 7) is 6.01. The van der Waals surface area contributed by atoms with Crippen molar-refractivity contribution in [3.05, 3.63) is 58.9 Å². The lowest BCUT2D eigenvalue weighted by atomic mass is 10.1. The van der Waals surface area contributed by atoms with E-state index in [4.69, 9.17) is 12.2 Å². The molecule has 0 aliphatic carbocycles. The summed E-state index contributed by atoms with van der Waals surface area (Å²) in [5, 5.41) is 6.56. The number of rotatable bonds is 2. The molecule has 0 bridgehead atoms. The molecule has 2 aromatic carbocycles. The number of anilines is 2. The number of halogens is 1. The highest BCUT2D eigenvalue weighted by molar-refractivity contribution is 7.80. The minimum Gasteiger partial charge on any atom is -0.332 e. The molecule has 0 atom stereocenters. The van der Waals surface area contributed by atoms with Crippen LogP contribution in [-0.4, -0.2) is 5.11 Å². The van der Waals surface area contributed by atoms with Crippen LogP contribution in [0.2, 0.25) is 0 Å². The van der Waals surface area contributed by atoms with Crippen molar-refractivity contribution in [1.29, 1.82) is 0 Å². The Morgan fingerprint density at radius 3 is 2.30 bits per heavy atom. The zero-order valence-corrected chi connectivity index (χ0v) is 12.6. The quantitative estimate of drug-likeness (QED) is 0.792. The van der Waals surface area contributed by atoms with E-state index in [1.807, 2.05) is 32.0 Å². The van der Waals surface area contributed by atoms with Gasteiger partial charge in [0.2, 0.25) is 0 Å². The lowest BCUT2D eigenvalue weighted by Crippen LogP contribution is -2.19. The Kier molecular flexibility index (Phi) is 4.35. The Morgan fingerprint density at radius 1 is 0.900 bits per heavy atom. The third-order valence-corrected chi connectivity index (χ3v) is 3.42. The Labute approximate surface area is 124 Å². The summed E-state index contributed by atoms with van der Waals surface area (Å²) in [6.07, 6.45) is 0. The number of hydrogen-bond donors (Lipinski definition) is 2. The van der Waals surface area contributed by atoms with Gasteiger partial charge in [-0.1, -0.05) is 12.1 Å². The van der Waals surface area contributed by atoms with Crippen LogP contribution in [0.3, 0.4) is 0 Å². The normalized spacial score (nSPS) is 10.2. The molecule has 0 aromatic heterocycles. The fourth-order valence-corrected chi connectivity index (χ4v) is 2.06. The van der Waals surface area contributed by atoms with Gasteiger partial charge in [-0.05, 0) is 73.9 Å². The molecule has 0 spiro atoms. The number of benzene rings is 2. The van der Waals surface area contributed by atoms with Crippen LogP contribution in [-0.2, 0) is 0 Å². The van der Waals surface area contributed by atoms with E-state index in [-0.39, 0.29) is 5.82 Å². The minimum absolute atomic E-state index is 0.285. The van der Waals surface area contributed by atoms with Crippen LogP contribution >= 0.6 is 12.2 Å². The van der Waals surface area contributed by atoms with Crippen molar-refractivity contribution in [3.63, 3.8) is 0 Å². The molecule has 0 aliphatic heterocycles. The Balaban J connectivity index is 2.09. The van der Waals surface area contributed by atoms with Gasteiger partial charge in [0.1, 0.15) is 5.82 Å². The Morgan fingerprint density at radius 2 is 1.60 bits per heavy atom. The molecular formula is C16H17FN2S. The van der Waals surface area contributed by atoms with Crippen molar-refractivity contribution >= 4 is 28.7 Å². The van der Waals surface area contributed by atoms with Crippen molar-refractivity contribution in [3.8, 4) is 0 Å². The molecule has 0 fully saturated rings. The molecule has 0 radical (unpaired) electrons.